The normalized spacial score (nSPS) is 10.7. The Bertz CT molecular complexity index is 1780. The summed E-state index contributed by atoms with van der Waals surface area (Å²) < 4.78 is 17.0. The van der Waals surface area contributed by atoms with Crippen LogP contribution in [0.4, 0.5) is 0 Å². The Hall–Kier alpha value is -4.37. The number of benzene rings is 3. The zero-order valence-corrected chi connectivity index (χ0v) is 24.3. The van der Waals surface area contributed by atoms with Crippen molar-refractivity contribution in [2.75, 3.05) is 0 Å². The molecule has 1 radical (unpaired) electrons. The summed E-state index contributed by atoms with van der Waals surface area (Å²) in [6.45, 7) is 10.2. The minimum atomic E-state index is 0. The van der Waals surface area contributed by atoms with Crippen LogP contribution in [-0.2, 0) is 20.1 Å². The minimum Gasteiger partial charge on any atom is -0.466 e. The molecule has 0 saturated heterocycles. The second kappa shape index (κ2) is 12.0. The Morgan fingerprint density at radius 1 is 0.718 bits per heavy atom. The molecule has 0 unspecified atom stereocenters. The summed E-state index contributed by atoms with van der Waals surface area (Å²) in [6, 6.07) is 34.2. The van der Waals surface area contributed by atoms with Gasteiger partial charge in [-0.2, -0.15) is 37.1 Å². The van der Waals surface area contributed by atoms with Crippen LogP contribution in [0.15, 0.2) is 120 Å². The van der Waals surface area contributed by atoms with E-state index in [9.17, 15) is 0 Å². The maximum Gasteiger partial charge on any atom is 0.120 e. The first kappa shape index (κ1) is 26.2. The summed E-state index contributed by atoms with van der Waals surface area (Å²) >= 11 is 0. The fourth-order valence-electron chi connectivity index (χ4n) is 4.53. The molecule has 0 amide bonds. The van der Waals surface area contributed by atoms with Crippen LogP contribution in [0.3, 0.4) is 0 Å². The predicted octanol–water partition coefficient (Wildman–Crippen LogP) is 7.65. The van der Waals surface area contributed by atoms with Crippen LogP contribution in [0.25, 0.3) is 44.6 Å². The first-order valence-corrected chi connectivity index (χ1v) is 12.3. The SMILES string of the molecule is [2H]c1cc2c(-c3cc(-c4ccccc4)ccc3[CH2-])[n+]([CH2-])ccc2o1.[CH2-]c1ccccc1-c1cccc(C)[n+]1[CH2-].[Ir]. The molecule has 0 spiro atoms. The molecule has 6 rings (SSSR count). The zero-order chi connectivity index (χ0) is 27.5. The molecule has 6 aromatic rings. The number of aryl methyl sites for hydroxylation is 1. The Morgan fingerprint density at radius 2 is 1.44 bits per heavy atom. The summed E-state index contributed by atoms with van der Waals surface area (Å²) in [4.78, 5) is 0. The van der Waals surface area contributed by atoms with Gasteiger partial charge in [0.1, 0.15) is 6.95 Å². The molecule has 39 heavy (non-hydrogen) atoms. The number of fused-ring (bicyclic) bond motifs is 1. The van der Waals surface area contributed by atoms with Crippen molar-refractivity contribution in [3.8, 4) is 33.6 Å². The number of hydrogen-bond acceptors (Lipinski definition) is 1. The van der Waals surface area contributed by atoms with E-state index in [0.717, 1.165) is 55.8 Å². The first-order valence-electron chi connectivity index (χ1n) is 12.8. The Labute approximate surface area is 246 Å². The fourth-order valence-corrected chi connectivity index (χ4v) is 4.53. The van der Waals surface area contributed by atoms with E-state index in [-0.39, 0.29) is 26.3 Å². The number of pyridine rings is 2. The maximum atomic E-state index is 7.77. The quantitative estimate of drug-likeness (QED) is 0.138. The van der Waals surface area contributed by atoms with Gasteiger partial charge in [-0.1, -0.05) is 54.6 Å². The molecular weight excluding hydrogens is 657 g/mol. The van der Waals surface area contributed by atoms with Crippen LogP contribution < -0.4 is 9.13 Å². The average Bonchev–Trinajstić information content (AvgIpc) is 3.32. The van der Waals surface area contributed by atoms with Gasteiger partial charge in [-0.15, -0.1) is 35.4 Å². The summed E-state index contributed by atoms with van der Waals surface area (Å²) in [5.74, 6) is 0. The van der Waals surface area contributed by atoms with Gasteiger partial charge in [-0.25, -0.2) is 0 Å². The predicted molar refractivity (Wildman–Crippen MR) is 155 cm³/mol. The molecule has 0 N–H and O–H groups in total. The topological polar surface area (TPSA) is 20.9 Å². The third kappa shape index (κ3) is 5.73. The van der Waals surface area contributed by atoms with Crippen molar-refractivity contribution in [3.63, 3.8) is 0 Å². The van der Waals surface area contributed by atoms with Crippen LogP contribution in [0.5, 0.6) is 0 Å². The molecule has 3 aromatic heterocycles. The largest absolute Gasteiger partial charge is 0.466 e. The van der Waals surface area contributed by atoms with E-state index in [1.165, 1.54) is 0 Å². The third-order valence-electron chi connectivity index (χ3n) is 6.66. The molecule has 0 bridgehead atoms. The average molecular weight is 688 g/mol. The molecule has 3 nitrogen and oxygen atoms in total. The summed E-state index contributed by atoms with van der Waals surface area (Å²) in [5, 5.41) is 0.868. The van der Waals surface area contributed by atoms with E-state index >= 15 is 0 Å². The van der Waals surface area contributed by atoms with Crippen molar-refractivity contribution in [3.05, 3.63) is 160 Å². The molecule has 3 heterocycles. The van der Waals surface area contributed by atoms with Gasteiger partial charge in [0.25, 0.3) is 0 Å². The van der Waals surface area contributed by atoms with Gasteiger partial charge in [0.2, 0.25) is 0 Å². The monoisotopic (exact) mass is 688 g/mol. The van der Waals surface area contributed by atoms with Crippen LogP contribution in [0, 0.1) is 34.9 Å². The van der Waals surface area contributed by atoms with E-state index in [4.69, 9.17) is 5.79 Å². The number of aromatic nitrogens is 2. The van der Waals surface area contributed by atoms with Crippen molar-refractivity contribution in [1.29, 1.82) is 0 Å². The van der Waals surface area contributed by atoms with Gasteiger partial charge in [-0.05, 0) is 30.2 Å². The molecule has 3 aromatic carbocycles. The first-order chi connectivity index (χ1) is 18.8. The smallest absolute Gasteiger partial charge is 0.120 e. The second-order valence-electron chi connectivity index (χ2n) is 9.15. The van der Waals surface area contributed by atoms with Crippen molar-refractivity contribution >= 4 is 11.0 Å². The summed E-state index contributed by atoms with van der Waals surface area (Å²) in [5.41, 5.74) is 10.1. The molecule has 4 heteroatoms. The molecule has 0 aliphatic rings. The molecule has 0 aliphatic heterocycles. The minimum absolute atomic E-state index is 0. The van der Waals surface area contributed by atoms with Gasteiger partial charge >= 0.3 is 0 Å². The Morgan fingerprint density at radius 3 is 2.21 bits per heavy atom. The molecule has 0 aliphatic carbocycles. The number of hydrogen-bond donors (Lipinski definition) is 0. The standard InChI is InChI=1S/C21H16NO.C14H14N.Ir/c1-15-8-9-17(16-6-4-3-5-7-16)14-19(15)21-18-11-13-23-20(18)10-12-22(21)2;1-11-7-4-5-9-13(11)14-10-6-8-12(2)15(14)3;/h3-14H,1-2H2;4-10H,1,3H2,2H3;/q2*-1;/i13D;;. The van der Waals surface area contributed by atoms with E-state index < -0.39 is 0 Å². The zero-order valence-electron chi connectivity index (χ0n) is 22.9. The number of rotatable bonds is 3. The van der Waals surface area contributed by atoms with E-state index in [1.807, 2.05) is 78.4 Å². The molecule has 0 saturated carbocycles. The second-order valence-corrected chi connectivity index (χ2v) is 9.15. The third-order valence-corrected chi connectivity index (χ3v) is 6.66. The van der Waals surface area contributed by atoms with Gasteiger partial charge < -0.3 is 13.6 Å². The van der Waals surface area contributed by atoms with Crippen LogP contribution >= 0.6 is 0 Å². The fraction of sp³-hybridized carbons (Fsp3) is 0.0286. The van der Waals surface area contributed by atoms with Crippen molar-refractivity contribution in [2.24, 2.45) is 0 Å². The van der Waals surface area contributed by atoms with Crippen LogP contribution in [-0.4, -0.2) is 0 Å². The Balaban J connectivity index is 0.000000200. The van der Waals surface area contributed by atoms with Crippen molar-refractivity contribution in [1.82, 2.24) is 0 Å². The maximum absolute atomic E-state index is 7.77. The number of furan rings is 1. The van der Waals surface area contributed by atoms with Crippen molar-refractivity contribution < 1.29 is 35.0 Å². The van der Waals surface area contributed by atoms with Crippen LogP contribution in [0.1, 0.15) is 18.2 Å². The number of nitrogens with zero attached hydrogens (tertiary/aromatic N) is 2. The van der Waals surface area contributed by atoms with E-state index in [1.54, 1.807) is 10.6 Å². The summed E-state index contributed by atoms with van der Waals surface area (Å²) in [6.07, 6.45) is 1.98. The van der Waals surface area contributed by atoms with Gasteiger partial charge in [0, 0.05) is 39.6 Å². The molecule has 0 atom stereocenters. The molecular formula is C35H30IrN2O-2. The van der Waals surface area contributed by atoms with Crippen molar-refractivity contribution in [2.45, 2.75) is 6.92 Å². The van der Waals surface area contributed by atoms with E-state index in [2.05, 4.69) is 64.3 Å². The van der Waals surface area contributed by atoms with Gasteiger partial charge in [0.15, 0.2) is 0 Å². The Kier molecular flexibility index (Phi) is 8.07. The van der Waals surface area contributed by atoms with E-state index in [0.29, 0.717) is 5.58 Å². The van der Waals surface area contributed by atoms with Gasteiger partial charge in [-0.3, -0.25) is 0 Å². The van der Waals surface area contributed by atoms with Gasteiger partial charge in [0.05, 0.1) is 29.5 Å². The molecule has 197 valence electrons. The van der Waals surface area contributed by atoms with Crippen LogP contribution in [0.2, 0.25) is 0 Å². The summed E-state index contributed by atoms with van der Waals surface area (Å²) in [7, 11) is 8.11. The molecule has 0 fully saturated rings.